The average Bonchev–Trinajstić information content (AvgIpc) is 2.47. The van der Waals surface area contributed by atoms with Crippen molar-refractivity contribution in [3.05, 3.63) is 29.3 Å². The Bertz CT molecular complexity index is 458. The molecule has 1 rings (SSSR count). The monoisotopic (exact) mass is 311 g/mol. The highest BCUT2D eigenvalue weighted by molar-refractivity contribution is 6.30. The number of hydrogen-bond donors (Lipinski definition) is 2. The van der Waals surface area contributed by atoms with E-state index in [1.54, 1.807) is 29.2 Å². The van der Waals surface area contributed by atoms with Crippen molar-refractivity contribution < 1.29 is 9.59 Å². The molecule has 0 fully saturated rings. The summed E-state index contributed by atoms with van der Waals surface area (Å²) in [5.74, 6) is -0.0433. The molecule has 5 nitrogen and oxygen atoms in total. The summed E-state index contributed by atoms with van der Waals surface area (Å²) in [6.07, 6.45) is 0.399. The smallest absolute Gasteiger partial charge is 0.238 e. The molecular formula is C15H22ClN3O2. The first-order chi connectivity index (χ1) is 10.1. The summed E-state index contributed by atoms with van der Waals surface area (Å²) >= 11 is 5.77. The molecule has 0 atom stereocenters. The maximum absolute atomic E-state index is 11.7. The average molecular weight is 312 g/mol. The molecule has 0 unspecified atom stereocenters. The van der Waals surface area contributed by atoms with Crippen LogP contribution in [0.3, 0.4) is 0 Å². The Balaban J connectivity index is 2.22. The van der Waals surface area contributed by atoms with Gasteiger partial charge in [0.25, 0.3) is 0 Å². The molecular weight excluding hydrogens is 290 g/mol. The lowest BCUT2D eigenvalue weighted by molar-refractivity contribution is -0.130. The van der Waals surface area contributed by atoms with Crippen molar-refractivity contribution in [2.24, 2.45) is 0 Å². The van der Waals surface area contributed by atoms with Gasteiger partial charge in [0.1, 0.15) is 0 Å². The number of carbonyl (C=O) groups excluding carboxylic acids is 2. The van der Waals surface area contributed by atoms with Gasteiger partial charge in [0.15, 0.2) is 0 Å². The minimum absolute atomic E-state index is 0.102. The first kappa shape index (κ1) is 17.5. The van der Waals surface area contributed by atoms with Gasteiger partial charge in [-0.05, 0) is 38.1 Å². The first-order valence-electron chi connectivity index (χ1n) is 7.10. The lowest BCUT2D eigenvalue weighted by Crippen LogP contribution is -2.34. The van der Waals surface area contributed by atoms with E-state index in [1.165, 1.54) is 0 Å². The molecule has 0 saturated carbocycles. The highest BCUT2D eigenvalue weighted by atomic mass is 35.5. The quantitative estimate of drug-likeness (QED) is 0.723. The fraction of sp³-hybridized carbons (Fsp3) is 0.467. The van der Waals surface area contributed by atoms with Crippen LogP contribution in [0.25, 0.3) is 0 Å². The lowest BCUT2D eigenvalue weighted by Gasteiger charge is -2.18. The van der Waals surface area contributed by atoms with Gasteiger partial charge in [0.2, 0.25) is 11.8 Å². The SMILES string of the molecule is CCN(CC)C(=O)CCNCC(=O)Nc1ccc(Cl)cc1. The number of hydrogen-bond acceptors (Lipinski definition) is 3. The fourth-order valence-corrected chi connectivity index (χ4v) is 2.00. The number of halogens is 1. The van der Waals surface area contributed by atoms with Crippen molar-refractivity contribution >= 4 is 29.1 Å². The van der Waals surface area contributed by atoms with Crippen molar-refractivity contribution in [3.63, 3.8) is 0 Å². The minimum Gasteiger partial charge on any atom is -0.343 e. The van der Waals surface area contributed by atoms with Gasteiger partial charge in [0, 0.05) is 36.8 Å². The number of carbonyl (C=O) groups is 2. The van der Waals surface area contributed by atoms with E-state index in [2.05, 4.69) is 10.6 Å². The maximum Gasteiger partial charge on any atom is 0.238 e. The summed E-state index contributed by atoms with van der Waals surface area (Å²) in [6, 6.07) is 6.91. The van der Waals surface area contributed by atoms with Crippen molar-refractivity contribution in [2.75, 3.05) is 31.5 Å². The molecule has 0 aliphatic heterocycles. The standard InChI is InChI=1S/C15H22ClN3O2/c1-3-19(4-2)15(21)9-10-17-11-14(20)18-13-7-5-12(16)6-8-13/h5-8,17H,3-4,9-11H2,1-2H3,(H,18,20). The molecule has 2 amide bonds. The van der Waals surface area contributed by atoms with Crippen LogP contribution in [0.5, 0.6) is 0 Å². The molecule has 0 aromatic heterocycles. The molecule has 0 radical (unpaired) electrons. The first-order valence-corrected chi connectivity index (χ1v) is 7.48. The van der Waals surface area contributed by atoms with Gasteiger partial charge >= 0.3 is 0 Å². The number of nitrogens with zero attached hydrogens (tertiary/aromatic N) is 1. The number of benzene rings is 1. The molecule has 0 saturated heterocycles. The van der Waals surface area contributed by atoms with Crippen molar-refractivity contribution in [3.8, 4) is 0 Å². The zero-order valence-electron chi connectivity index (χ0n) is 12.5. The normalized spacial score (nSPS) is 10.2. The van der Waals surface area contributed by atoms with Gasteiger partial charge in [0.05, 0.1) is 6.54 Å². The van der Waals surface area contributed by atoms with Crippen LogP contribution in [-0.4, -0.2) is 42.9 Å². The summed E-state index contributed by atoms with van der Waals surface area (Å²) in [4.78, 5) is 25.2. The van der Waals surface area contributed by atoms with Crippen molar-refractivity contribution in [2.45, 2.75) is 20.3 Å². The largest absolute Gasteiger partial charge is 0.343 e. The van der Waals surface area contributed by atoms with Gasteiger partial charge in [-0.1, -0.05) is 11.6 Å². The molecule has 0 spiro atoms. The highest BCUT2D eigenvalue weighted by Gasteiger charge is 2.09. The third-order valence-corrected chi connectivity index (χ3v) is 3.30. The summed E-state index contributed by atoms with van der Waals surface area (Å²) in [6.45, 7) is 6.00. The molecule has 1 aromatic rings. The molecule has 116 valence electrons. The number of amides is 2. The Kier molecular flexibility index (Phi) is 7.79. The van der Waals surface area contributed by atoms with Crippen LogP contribution < -0.4 is 10.6 Å². The van der Waals surface area contributed by atoms with Gasteiger partial charge in [-0.2, -0.15) is 0 Å². The summed E-state index contributed by atoms with van der Waals surface area (Å²) < 4.78 is 0. The van der Waals surface area contributed by atoms with Crippen LogP contribution >= 0.6 is 11.6 Å². The zero-order valence-corrected chi connectivity index (χ0v) is 13.2. The van der Waals surface area contributed by atoms with E-state index in [1.807, 2.05) is 13.8 Å². The number of nitrogens with one attached hydrogen (secondary N) is 2. The predicted molar refractivity (Wildman–Crippen MR) is 85.5 cm³/mol. The molecule has 0 bridgehead atoms. The fourth-order valence-electron chi connectivity index (χ4n) is 1.87. The Morgan fingerprint density at radius 3 is 2.33 bits per heavy atom. The third-order valence-electron chi connectivity index (χ3n) is 3.05. The van der Waals surface area contributed by atoms with Crippen LogP contribution in [0, 0.1) is 0 Å². The second-order valence-electron chi connectivity index (χ2n) is 4.55. The second-order valence-corrected chi connectivity index (χ2v) is 4.98. The van der Waals surface area contributed by atoms with Crippen LogP contribution in [-0.2, 0) is 9.59 Å². The summed E-state index contributed by atoms with van der Waals surface area (Å²) in [5.41, 5.74) is 0.699. The second kappa shape index (κ2) is 9.37. The molecule has 0 aliphatic rings. The van der Waals surface area contributed by atoms with E-state index in [-0.39, 0.29) is 18.4 Å². The molecule has 0 heterocycles. The third kappa shape index (κ3) is 6.60. The Labute approximate surface area is 130 Å². The van der Waals surface area contributed by atoms with Crippen LogP contribution in [0.2, 0.25) is 5.02 Å². The van der Waals surface area contributed by atoms with E-state index in [0.29, 0.717) is 36.8 Å². The maximum atomic E-state index is 11.7. The van der Waals surface area contributed by atoms with Crippen LogP contribution in [0.15, 0.2) is 24.3 Å². The van der Waals surface area contributed by atoms with Crippen molar-refractivity contribution in [1.29, 1.82) is 0 Å². The van der Waals surface area contributed by atoms with Crippen molar-refractivity contribution in [1.82, 2.24) is 10.2 Å². The molecule has 6 heteroatoms. The van der Waals surface area contributed by atoms with E-state index >= 15 is 0 Å². The van der Waals surface area contributed by atoms with E-state index < -0.39 is 0 Å². The Morgan fingerprint density at radius 2 is 1.76 bits per heavy atom. The Morgan fingerprint density at radius 1 is 1.14 bits per heavy atom. The van der Waals surface area contributed by atoms with Gasteiger partial charge in [-0.3, -0.25) is 9.59 Å². The molecule has 2 N–H and O–H groups in total. The number of anilines is 1. The zero-order chi connectivity index (χ0) is 15.7. The Hall–Kier alpha value is -1.59. The molecule has 1 aromatic carbocycles. The van der Waals surface area contributed by atoms with Crippen LogP contribution in [0.4, 0.5) is 5.69 Å². The van der Waals surface area contributed by atoms with Gasteiger partial charge in [-0.15, -0.1) is 0 Å². The minimum atomic E-state index is -0.146. The van der Waals surface area contributed by atoms with E-state index in [0.717, 1.165) is 0 Å². The predicted octanol–water partition coefficient (Wildman–Crippen LogP) is 2.13. The lowest BCUT2D eigenvalue weighted by atomic mass is 10.3. The topological polar surface area (TPSA) is 61.4 Å². The summed E-state index contributed by atoms with van der Waals surface area (Å²) in [7, 11) is 0. The van der Waals surface area contributed by atoms with E-state index in [9.17, 15) is 9.59 Å². The van der Waals surface area contributed by atoms with Gasteiger partial charge < -0.3 is 15.5 Å². The molecule has 21 heavy (non-hydrogen) atoms. The molecule has 0 aliphatic carbocycles. The van der Waals surface area contributed by atoms with E-state index in [4.69, 9.17) is 11.6 Å². The van der Waals surface area contributed by atoms with Gasteiger partial charge in [-0.25, -0.2) is 0 Å². The highest BCUT2D eigenvalue weighted by Crippen LogP contribution is 2.12. The number of rotatable bonds is 8. The summed E-state index contributed by atoms with van der Waals surface area (Å²) in [5, 5.41) is 6.34. The van der Waals surface area contributed by atoms with Crippen LogP contribution in [0.1, 0.15) is 20.3 Å².